The number of carbonyl (C=O) groups is 1. The molecule has 2 aliphatic carbocycles. The lowest BCUT2D eigenvalue weighted by atomic mass is 9.85. The molecule has 29 nitrogen and oxygen atoms in total. The summed E-state index contributed by atoms with van der Waals surface area (Å²) in [4.78, 5) is 100. The van der Waals surface area contributed by atoms with Crippen LogP contribution in [0.1, 0.15) is 12.0 Å². The lowest BCUT2D eigenvalue weighted by Crippen LogP contribution is -2.66. The molecule has 0 saturated heterocycles. The lowest BCUT2D eigenvalue weighted by Gasteiger charge is -2.48. The van der Waals surface area contributed by atoms with E-state index >= 15 is 0 Å². The van der Waals surface area contributed by atoms with Gasteiger partial charge in [0.25, 0.3) is 0 Å². The SMILES string of the molecule is O=C(CCOCCOP(=O)(O)O[C@@H]1[C@H](OCc2ccccc2)[C@@H](OP(=O)(O)O)[C@H](OP(=O)(O)O)[C@@H](OP(=O)(O)O)[C@@H]1OP(=O)(O)O)OC1[C@@H](O)[C@H](O)C(O)[C@H](O)[C@H]1O. The largest absolute Gasteiger partial charge is 0.472 e. The van der Waals surface area contributed by atoms with Crippen molar-refractivity contribution in [1.29, 1.82) is 0 Å². The molecule has 58 heavy (non-hydrogen) atoms. The maximum Gasteiger partial charge on any atom is 0.472 e. The quantitative estimate of drug-likeness (QED) is 0.0318. The third kappa shape index (κ3) is 16.3. The van der Waals surface area contributed by atoms with Gasteiger partial charge < -0.3 is 83.8 Å². The average Bonchev–Trinajstić information content (AvgIpc) is 3.07. The highest BCUT2D eigenvalue weighted by atomic mass is 31.2. The molecule has 0 heterocycles. The Morgan fingerprint density at radius 2 is 0.897 bits per heavy atom. The van der Waals surface area contributed by atoms with E-state index in [0.29, 0.717) is 0 Å². The Bertz CT molecular complexity index is 1710. The minimum Gasteiger partial charge on any atom is -0.457 e. The van der Waals surface area contributed by atoms with Gasteiger partial charge in [0, 0.05) is 0 Å². The van der Waals surface area contributed by atoms with Crippen molar-refractivity contribution in [3.8, 4) is 0 Å². The van der Waals surface area contributed by atoms with Gasteiger partial charge in [0.15, 0.2) is 6.10 Å². The molecule has 0 aliphatic heterocycles. The number of phosphoric ester groups is 5. The summed E-state index contributed by atoms with van der Waals surface area (Å²) in [6, 6.07) is 7.20. The third-order valence-corrected chi connectivity index (χ3v) is 10.9. The Morgan fingerprint density at radius 1 is 0.500 bits per heavy atom. The maximum absolute atomic E-state index is 13.2. The van der Waals surface area contributed by atoms with E-state index in [2.05, 4.69) is 18.1 Å². The number of rotatable bonds is 21. The molecule has 2 saturated carbocycles. The second-order valence-electron chi connectivity index (χ2n) is 12.1. The zero-order valence-electron chi connectivity index (χ0n) is 29.0. The molecule has 13 atom stereocenters. The summed E-state index contributed by atoms with van der Waals surface area (Å²) in [6.45, 7) is -2.92. The smallest absolute Gasteiger partial charge is 0.457 e. The van der Waals surface area contributed by atoms with Crippen LogP contribution in [0.15, 0.2) is 30.3 Å². The molecular formula is C24H41O29P5. The summed E-state index contributed by atoms with van der Waals surface area (Å²) in [5.74, 6) is -1.17. The van der Waals surface area contributed by atoms with E-state index in [-0.39, 0.29) is 5.56 Å². The van der Waals surface area contributed by atoms with E-state index in [1.54, 1.807) is 0 Å². The number of esters is 1. The summed E-state index contributed by atoms with van der Waals surface area (Å²) in [6.07, 6.45) is -29.4. The zero-order chi connectivity index (χ0) is 44.0. The highest BCUT2D eigenvalue weighted by Gasteiger charge is 2.62. The van der Waals surface area contributed by atoms with Crippen LogP contribution in [-0.4, -0.2) is 169 Å². The van der Waals surface area contributed by atoms with Gasteiger partial charge in [0.05, 0.1) is 32.8 Å². The Labute approximate surface area is 325 Å². The molecule has 34 heteroatoms. The molecule has 0 bridgehead atoms. The maximum atomic E-state index is 13.2. The Morgan fingerprint density at radius 3 is 1.33 bits per heavy atom. The van der Waals surface area contributed by atoms with Gasteiger partial charge in [-0.1, -0.05) is 30.3 Å². The van der Waals surface area contributed by atoms with Crippen LogP contribution in [0.3, 0.4) is 0 Å². The minimum atomic E-state index is -6.02. The predicted octanol–water partition coefficient (Wildman–Crippen LogP) is -3.86. The topological polar surface area (TPSA) is 469 Å². The first-order valence-electron chi connectivity index (χ1n) is 15.9. The van der Waals surface area contributed by atoms with Crippen LogP contribution in [0.25, 0.3) is 0 Å². The van der Waals surface area contributed by atoms with Crippen LogP contribution >= 0.6 is 39.1 Å². The first-order valence-corrected chi connectivity index (χ1v) is 23.5. The molecule has 14 N–H and O–H groups in total. The first-order chi connectivity index (χ1) is 26.5. The average molecular weight is 948 g/mol. The number of benzene rings is 1. The number of aliphatic hydroxyl groups excluding tert-OH is 5. The molecule has 0 aromatic heterocycles. The highest BCUT2D eigenvalue weighted by molar-refractivity contribution is 7.48. The molecule has 2 aliphatic rings. The van der Waals surface area contributed by atoms with Gasteiger partial charge in [0.2, 0.25) is 0 Å². The van der Waals surface area contributed by atoms with E-state index < -0.39 is 151 Å². The van der Waals surface area contributed by atoms with E-state index in [9.17, 15) is 97.2 Å². The molecule has 1 aromatic carbocycles. The number of phosphoric acid groups is 5. The van der Waals surface area contributed by atoms with E-state index in [0.717, 1.165) is 0 Å². The predicted molar refractivity (Wildman–Crippen MR) is 179 cm³/mol. The van der Waals surface area contributed by atoms with Gasteiger partial charge in [0.1, 0.15) is 67.1 Å². The van der Waals surface area contributed by atoms with Crippen LogP contribution in [0.2, 0.25) is 0 Å². The number of carbonyl (C=O) groups excluding carboxylic acids is 1. The zero-order valence-corrected chi connectivity index (χ0v) is 33.4. The molecular weight excluding hydrogens is 907 g/mol. The molecule has 2 fully saturated rings. The fourth-order valence-corrected chi connectivity index (χ4v) is 8.65. The van der Waals surface area contributed by atoms with E-state index in [4.69, 9.17) is 23.3 Å². The second kappa shape index (κ2) is 20.9. The Kier molecular flexibility index (Phi) is 18.5. The van der Waals surface area contributed by atoms with Crippen molar-refractivity contribution >= 4 is 45.1 Å². The van der Waals surface area contributed by atoms with Crippen LogP contribution < -0.4 is 0 Å². The fraction of sp³-hybridized carbons (Fsp3) is 0.708. The van der Waals surface area contributed by atoms with Crippen molar-refractivity contribution in [2.75, 3.05) is 19.8 Å². The van der Waals surface area contributed by atoms with Crippen molar-refractivity contribution in [2.24, 2.45) is 0 Å². The summed E-state index contributed by atoms with van der Waals surface area (Å²) >= 11 is 0. The van der Waals surface area contributed by atoms with Crippen LogP contribution in [0.4, 0.5) is 0 Å². The van der Waals surface area contributed by atoms with Gasteiger partial charge in [-0.05, 0) is 5.56 Å². The molecule has 336 valence electrons. The van der Waals surface area contributed by atoms with Gasteiger partial charge >= 0.3 is 45.1 Å². The molecule has 1 aromatic rings. The Balaban J connectivity index is 1.87. The number of aliphatic hydroxyl groups is 5. The van der Waals surface area contributed by atoms with Gasteiger partial charge in [-0.3, -0.25) is 31.9 Å². The summed E-state index contributed by atoms with van der Waals surface area (Å²) < 4.78 is 105. The molecule has 3 rings (SSSR count). The van der Waals surface area contributed by atoms with Gasteiger partial charge in [-0.25, -0.2) is 22.8 Å². The summed E-state index contributed by atoms with van der Waals surface area (Å²) in [7, 11) is -29.7. The first kappa shape index (κ1) is 51.3. The normalized spacial score (nSPS) is 32.4. The molecule has 0 radical (unpaired) electrons. The summed E-state index contributed by atoms with van der Waals surface area (Å²) in [5, 5.41) is 49.1. The lowest BCUT2D eigenvalue weighted by molar-refractivity contribution is -0.233. The molecule has 3 unspecified atom stereocenters. The third-order valence-electron chi connectivity index (χ3n) is 7.79. The minimum absolute atomic E-state index is 0.203. The molecule has 0 spiro atoms. The van der Waals surface area contributed by atoms with E-state index in [1.165, 1.54) is 30.3 Å². The number of hydrogen-bond acceptors (Lipinski definition) is 20. The van der Waals surface area contributed by atoms with Crippen LogP contribution in [0, 0.1) is 0 Å². The fourth-order valence-electron chi connectivity index (χ4n) is 5.51. The second-order valence-corrected chi connectivity index (χ2v) is 18.3. The number of ether oxygens (including phenoxy) is 3. The van der Waals surface area contributed by atoms with Crippen molar-refractivity contribution in [2.45, 2.75) is 86.3 Å². The standard InChI is InChI=1S/C24H41O29P5/c25-12(48-18-16(29)14(27)13(26)15(28)17(18)30)6-7-45-8-9-47-58(43,44)53-21-19(46-10-11-4-2-1-3-5-11)20(49-54(31,32)33)22(50-55(34,35)36)24(52-57(40,41)42)23(21)51-56(37,38)39/h1-5,13-24,26-30H,6-10H2,(H,43,44)(H2,31,32,33)(H2,34,35,36)(H2,37,38,39)(H2,40,41,42)/t13?,14-,15+,16+,17-,18?,19-,20-,21-,22+,23-,24-/m1/s1. The number of hydrogen-bond donors (Lipinski definition) is 14. The summed E-state index contributed by atoms with van der Waals surface area (Å²) in [5.41, 5.74) is 0.203. The van der Waals surface area contributed by atoms with Crippen molar-refractivity contribution in [1.82, 2.24) is 0 Å². The van der Waals surface area contributed by atoms with Crippen molar-refractivity contribution < 1.29 is 139 Å². The van der Waals surface area contributed by atoms with Gasteiger partial charge in [-0.2, -0.15) is 0 Å². The van der Waals surface area contributed by atoms with Gasteiger partial charge in [-0.15, -0.1) is 0 Å². The van der Waals surface area contributed by atoms with E-state index in [1.807, 2.05) is 0 Å². The highest BCUT2D eigenvalue weighted by Crippen LogP contribution is 2.56. The van der Waals surface area contributed by atoms with Crippen molar-refractivity contribution in [3.63, 3.8) is 0 Å². The monoisotopic (exact) mass is 948 g/mol. The van der Waals surface area contributed by atoms with Crippen LogP contribution in [0.5, 0.6) is 0 Å². The van der Waals surface area contributed by atoms with Crippen molar-refractivity contribution in [3.05, 3.63) is 35.9 Å². The molecule has 0 amide bonds. The Hall–Kier alpha value is -1.04. The van der Waals surface area contributed by atoms with Crippen LogP contribution in [-0.2, 0) is 75.6 Å².